The SMILES string of the molecule is CCCCC1CCC(CCc2ccc(C3(C(C)CCC)CCCCC3)cc2)CC1. The van der Waals surface area contributed by atoms with E-state index in [2.05, 4.69) is 45.0 Å². The molecule has 2 fully saturated rings. The highest BCUT2D eigenvalue weighted by Crippen LogP contribution is 2.46. The van der Waals surface area contributed by atoms with Crippen LogP contribution in [-0.4, -0.2) is 0 Å². The van der Waals surface area contributed by atoms with E-state index >= 15 is 0 Å². The summed E-state index contributed by atoms with van der Waals surface area (Å²) in [5, 5.41) is 0. The molecule has 0 spiro atoms. The van der Waals surface area contributed by atoms with Crippen LogP contribution in [0.15, 0.2) is 24.3 Å². The molecule has 2 aliphatic rings. The summed E-state index contributed by atoms with van der Waals surface area (Å²) in [4.78, 5) is 0. The Labute approximate surface area is 182 Å². The molecule has 1 unspecified atom stereocenters. The minimum Gasteiger partial charge on any atom is -0.0654 e. The summed E-state index contributed by atoms with van der Waals surface area (Å²) in [7, 11) is 0. The zero-order valence-electron chi connectivity index (χ0n) is 19.9. The first-order valence-electron chi connectivity index (χ1n) is 13.3. The van der Waals surface area contributed by atoms with Crippen LogP contribution in [0.25, 0.3) is 0 Å². The average molecular weight is 397 g/mol. The summed E-state index contributed by atoms with van der Waals surface area (Å²) in [5.74, 6) is 2.85. The summed E-state index contributed by atoms with van der Waals surface area (Å²) in [5.41, 5.74) is 3.69. The van der Waals surface area contributed by atoms with Gasteiger partial charge in [0, 0.05) is 0 Å². The van der Waals surface area contributed by atoms with E-state index in [9.17, 15) is 0 Å². The quantitative estimate of drug-likeness (QED) is 0.369. The lowest BCUT2D eigenvalue weighted by Crippen LogP contribution is -2.36. The Balaban J connectivity index is 1.53. The molecule has 1 aromatic carbocycles. The van der Waals surface area contributed by atoms with Gasteiger partial charge in [-0.3, -0.25) is 0 Å². The Morgan fingerprint density at radius 3 is 2.03 bits per heavy atom. The number of rotatable bonds is 10. The molecule has 0 saturated heterocycles. The molecule has 0 N–H and O–H groups in total. The molecule has 29 heavy (non-hydrogen) atoms. The Morgan fingerprint density at radius 2 is 1.45 bits per heavy atom. The Kier molecular flexibility index (Phi) is 9.13. The van der Waals surface area contributed by atoms with Crippen molar-refractivity contribution in [3.63, 3.8) is 0 Å². The molecule has 0 heterocycles. The molecule has 0 heteroatoms. The molecule has 0 aromatic heterocycles. The molecule has 0 nitrogen and oxygen atoms in total. The minimum absolute atomic E-state index is 0.462. The first-order chi connectivity index (χ1) is 14.2. The maximum Gasteiger partial charge on any atom is -0.00214 e. The molecule has 0 aliphatic heterocycles. The van der Waals surface area contributed by atoms with E-state index < -0.39 is 0 Å². The van der Waals surface area contributed by atoms with Crippen LogP contribution in [-0.2, 0) is 11.8 Å². The predicted molar refractivity (Wildman–Crippen MR) is 129 cm³/mol. The Morgan fingerprint density at radius 1 is 0.828 bits per heavy atom. The van der Waals surface area contributed by atoms with Crippen LogP contribution in [0.1, 0.15) is 128 Å². The van der Waals surface area contributed by atoms with E-state index in [0.717, 1.165) is 17.8 Å². The largest absolute Gasteiger partial charge is 0.0654 e. The van der Waals surface area contributed by atoms with Gasteiger partial charge in [0.15, 0.2) is 0 Å². The van der Waals surface area contributed by atoms with Gasteiger partial charge >= 0.3 is 0 Å². The van der Waals surface area contributed by atoms with E-state index in [0.29, 0.717) is 5.41 Å². The van der Waals surface area contributed by atoms with Crippen molar-refractivity contribution < 1.29 is 0 Å². The van der Waals surface area contributed by atoms with Gasteiger partial charge in [-0.1, -0.05) is 122 Å². The van der Waals surface area contributed by atoms with Crippen LogP contribution in [0.5, 0.6) is 0 Å². The van der Waals surface area contributed by atoms with Crippen molar-refractivity contribution >= 4 is 0 Å². The smallest absolute Gasteiger partial charge is 0.00214 e. The second-order valence-electron chi connectivity index (χ2n) is 10.7. The first-order valence-corrected chi connectivity index (χ1v) is 13.3. The zero-order valence-corrected chi connectivity index (χ0v) is 19.9. The van der Waals surface area contributed by atoms with Crippen LogP contribution in [0.3, 0.4) is 0 Å². The van der Waals surface area contributed by atoms with E-state index in [1.807, 2.05) is 0 Å². The van der Waals surface area contributed by atoms with Crippen molar-refractivity contribution in [2.45, 2.75) is 129 Å². The van der Waals surface area contributed by atoms with Crippen molar-refractivity contribution in [1.29, 1.82) is 0 Å². The second kappa shape index (κ2) is 11.6. The molecule has 0 bridgehead atoms. The maximum absolute atomic E-state index is 2.53. The monoisotopic (exact) mass is 396 g/mol. The lowest BCUT2D eigenvalue weighted by Gasteiger charge is -2.43. The number of benzene rings is 1. The average Bonchev–Trinajstić information content (AvgIpc) is 2.78. The van der Waals surface area contributed by atoms with E-state index in [4.69, 9.17) is 0 Å². The third-order valence-corrected chi connectivity index (χ3v) is 8.71. The number of hydrogen-bond donors (Lipinski definition) is 0. The van der Waals surface area contributed by atoms with Crippen molar-refractivity contribution in [2.24, 2.45) is 17.8 Å². The topological polar surface area (TPSA) is 0 Å². The second-order valence-corrected chi connectivity index (χ2v) is 10.7. The highest BCUT2D eigenvalue weighted by Gasteiger charge is 2.38. The van der Waals surface area contributed by atoms with Gasteiger partial charge in [-0.25, -0.2) is 0 Å². The van der Waals surface area contributed by atoms with Gasteiger partial charge in [-0.05, 0) is 60.0 Å². The van der Waals surface area contributed by atoms with E-state index in [-0.39, 0.29) is 0 Å². The highest BCUT2D eigenvalue weighted by molar-refractivity contribution is 5.31. The summed E-state index contributed by atoms with van der Waals surface area (Å²) < 4.78 is 0. The van der Waals surface area contributed by atoms with Gasteiger partial charge in [0.05, 0.1) is 0 Å². The standard InChI is InChI=1S/C29H48/c1-4-6-11-25-12-14-26(15-13-25)16-17-27-18-20-28(21-19-27)29(24(3)10-5-2)22-8-7-9-23-29/h18-21,24-26H,4-17,22-23H2,1-3H3. The molecular formula is C29H48. The molecular weight excluding hydrogens is 348 g/mol. The number of hydrogen-bond acceptors (Lipinski definition) is 0. The lowest BCUT2D eigenvalue weighted by atomic mass is 9.61. The third kappa shape index (κ3) is 6.11. The fraction of sp³-hybridized carbons (Fsp3) is 0.793. The maximum atomic E-state index is 2.53. The van der Waals surface area contributed by atoms with Crippen LogP contribution in [0, 0.1) is 17.8 Å². The number of unbranched alkanes of at least 4 members (excludes halogenated alkanes) is 1. The van der Waals surface area contributed by atoms with Crippen LogP contribution >= 0.6 is 0 Å². The third-order valence-electron chi connectivity index (χ3n) is 8.71. The van der Waals surface area contributed by atoms with Gasteiger partial charge in [0.1, 0.15) is 0 Å². The fourth-order valence-electron chi connectivity index (χ4n) is 6.63. The summed E-state index contributed by atoms with van der Waals surface area (Å²) in [6.07, 6.45) is 22.8. The van der Waals surface area contributed by atoms with Crippen LogP contribution < -0.4 is 0 Å². The predicted octanol–water partition coefficient (Wildman–Crippen LogP) is 9.25. The van der Waals surface area contributed by atoms with Crippen LogP contribution in [0.2, 0.25) is 0 Å². The lowest BCUT2D eigenvalue weighted by molar-refractivity contribution is 0.192. The van der Waals surface area contributed by atoms with Crippen molar-refractivity contribution in [3.8, 4) is 0 Å². The summed E-state index contributed by atoms with van der Waals surface area (Å²) in [6, 6.07) is 10.0. The highest BCUT2D eigenvalue weighted by atomic mass is 14.4. The molecule has 3 rings (SSSR count). The fourth-order valence-corrected chi connectivity index (χ4v) is 6.63. The Hall–Kier alpha value is -0.780. The molecule has 2 saturated carbocycles. The molecule has 2 aliphatic carbocycles. The van der Waals surface area contributed by atoms with E-state index in [1.54, 1.807) is 11.1 Å². The summed E-state index contributed by atoms with van der Waals surface area (Å²) in [6.45, 7) is 7.21. The molecule has 0 amide bonds. The van der Waals surface area contributed by atoms with Gasteiger partial charge in [0.25, 0.3) is 0 Å². The van der Waals surface area contributed by atoms with Gasteiger partial charge in [0.2, 0.25) is 0 Å². The van der Waals surface area contributed by atoms with Gasteiger partial charge in [-0.2, -0.15) is 0 Å². The number of aryl methyl sites for hydroxylation is 1. The van der Waals surface area contributed by atoms with Crippen molar-refractivity contribution in [2.75, 3.05) is 0 Å². The minimum atomic E-state index is 0.462. The van der Waals surface area contributed by atoms with Gasteiger partial charge < -0.3 is 0 Å². The molecule has 164 valence electrons. The molecule has 0 radical (unpaired) electrons. The molecule has 1 aromatic rings. The normalized spacial score (nSPS) is 25.6. The van der Waals surface area contributed by atoms with Crippen molar-refractivity contribution in [1.82, 2.24) is 0 Å². The Bertz CT molecular complexity index is 554. The first kappa shape index (κ1) is 22.9. The van der Waals surface area contributed by atoms with Gasteiger partial charge in [-0.15, -0.1) is 0 Å². The molecule has 1 atom stereocenters. The summed E-state index contributed by atoms with van der Waals surface area (Å²) >= 11 is 0. The van der Waals surface area contributed by atoms with E-state index in [1.165, 1.54) is 103 Å². The van der Waals surface area contributed by atoms with Crippen LogP contribution in [0.4, 0.5) is 0 Å². The van der Waals surface area contributed by atoms with Crippen molar-refractivity contribution in [3.05, 3.63) is 35.4 Å². The zero-order chi connectivity index (χ0) is 20.5.